The number of anilines is 1. The molecular weight excluding hydrogens is 275 g/mol. The first-order valence-corrected chi connectivity index (χ1v) is 5.02. The van der Waals surface area contributed by atoms with Crippen LogP contribution in [0, 0.1) is 0 Å². The number of nitrogens with one attached hydrogen (secondary N) is 1. The van der Waals surface area contributed by atoms with Gasteiger partial charge >= 0.3 is 6.36 Å². The standard InChI is InChI=1S/C10H9ClF3NO3/c1-5(16)15-6-3-4-7(17-2)9(8(6)11)18-10(12,13)14/h3-4H,1-2H3,(H,15,16). The van der Waals surface area contributed by atoms with Crippen molar-refractivity contribution in [2.75, 3.05) is 12.4 Å². The Hall–Kier alpha value is -1.63. The molecule has 0 saturated heterocycles. The SMILES string of the molecule is COc1ccc(NC(C)=O)c(Cl)c1OC(F)(F)F. The zero-order chi connectivity index (χ0) is 13.9. The number of carbonyl (C=O) groups is 1. The van der Waals surface area contributed by atoms with E-state index in [1.165, 1.54) is 26.2 Å². The highest BCUT2D eigenvalue weighted by Gasteiger charge is 2.34. The van der Waals surface area contributed by atoms with Gasteiger partial charge in [-0.05, 0) is 12.1 Å². The molecule has 1 N–H and O–H groups in total. The highest BCUT2D eigenvalue weighted by Crippen LogP contribution is 2.42. The molecule has 0 spiro atoms. The van der Waals surface area contributed by atoms with Gasteiger partial charge in [0.15, 0.2) is 11.5 Å². The Balaban J connectivity index is 3.22. The second kappa shape index (κ2) is 5.34. The van der Waals surface area contributed by atoms with Gasteiger partial charge in [0.2, 0.25) is 5.91 Å². The smallest absolute Gasteiger partial charge is 0.493 e. The molecule has 100 valence electrons. The zero-order valence-corrected chi connectivity index (χ0v) is 10.1. The van der Waals surface area contributed by atoms with Crippen molar-refractivity contribution in [3.63, 3.8) is 0 Å². The van der Waals surface area contributed by atoms with Crippen LogP contribution in [0.1, 0.15) is 6.92 Å². The average Bonchev–Trinajstić information content (AvgIpc) is 2.22. The number of hydrogen-bond donors (Lipinski definition) is 1. The van der Waals surface area contributed by atoms with Gasteiger partial charge in [0.25, 0.3) is 0 Å². The Morgan fingerprint density at radius 3 is 2.44 bits per heavy atom. The lowest BCUT2D eigenvalue weighted by atomic mass is 10.2. The monoisotopic (exact) mass is 283 g/mol. The molecule has 0 aliphatic rings. The number of carbonyl (C=O) groups excluding carboxylic acids is 1. The molecule has 0 radical (unpaired) electrons. The molecule has 1 rings (SSSR count). The highest BCUT2D eigenvalue weighted by atomic mass is 35.5. The Kier molecular flexibility index (Phi) is 4.28. The van der Waals surface area contributed by atoms with Crippen molar-refractivity contribution in [2.45, 2.75) is 13.3 Å². The van der Waals surface area contributed by atoms with E-state index in [1.54, 1.807) is 0 Å². The quantitative estimate of drug-likeness (QED) is 0.926. The summed E-state index contributed by atoms with van der Waals surface area (Å²) in [5, 5.41) is 1.89. The predicted molar refractivity (Wildman–Crippen MR) is 59.0 cm³/mol. The van der Waals surface area contributed by atoms with Crippen molar-refractivity contribution >= 4 is 23.2 Å². The summed E-state index contributed by atoms with van der Waals surface area (Å²) in [6, 6.07) is 2.52. The maximum absolute atomic E-state index is 12.2. The molecule has 18 heavy (non-hydrogen) atoms. The third kappa shape index (κ3) is 3.69. The molecule has 1 aromatic carbocycles. The van der Waals surface area contributed by atoms with Crippen LogP contribution in [-0.4, -0.2) is 19.4 Å². The van der Waals surface area contributed by atoms with Crippen molar-refractivity contribution in [1.82, 2.24) is 0 Å². The molecule has 0 unspecified atom stereocenters. The molecule has 0 saturated carbocycles. The lowest BCUT2D eigenvalue weighted by Gasteiger charge is -2.16. The van der Waals surface area contributed by atoms with Crippen LogP contribution in [0.3, 0.4) is 0 Å². The topological polar surface area (TPSA) is 47.6 Å². The van der Waals surface area contributed by atoms with Crippen molar-refractivity contribution in [1.29, 1.82) is 0 Å². The summed E-state index contributed by atoms with van der Waals surface area (Å²) < 4.78 is 45.1. The molecule has 1 aromatic rings. The third-order valence-electron chi connectivity index (χ3n) is 1.81. The molecule has 4 nitrogen and oxygen atoms in total. The van der Waals surface area contributed by atoms with Gasteiger partial charge in [-0.1, -0.05) is 11.6 Å². The number of hydrogen-bond acceptors (Lipinski definition) is 3. The first kappa shape index (κ1) is 14.4. The van der Waals surface area contributed by atoms with Gasteiger partial charge in [0.1, 0.15) is 5.02 Å². The number of methoxy groups -OCH3 is 1. The fourth-order valence-corrected chi connectivity index (χ4v) is 1.44. The molecular formula is C10H9ClF3NO3. The Morgan fingerprint density at radius 2 is 2.00 bits per heavy atom. The van der Waals surface area contributed by atoms with Gasteiger partial charge in [0.05, 0.1) is 12.8 Å². The number of rotatable bonds is 3. The van der Waals surface area contributed by atoms with Crippen molar-refractivity contribution in [2.24, 2.45) is 0 Å². The van der Waals surface area contributed by atoms with Crippen molar-refractivity contribution in [3.8, 4) is 11.5 Å². The highest BCUT2D eigenvalue weighted by molar-refractivity contribution is 6.35. The van der Waals surface area contributed by atoms with E-state index in [0.717, 1.165) is 0 Å². The minimum Gasteiger partial charge on any atom is -0.493 e. The first-order chi connectivity index (χ1) is 8.24. The van der Waals surface area contributed by atoms with Crippen molar-refractivity contribution in [3.05, 3.63) is 17.2 Å². The number of alkyl halides is 3. The zero-order valence-electron chi connectivity index (χ0n) is 9.39. The minimum absolute atomic E-state index is 0.00390. The summed E-state index contributed by atoms with van der Waals surface area (Å²) in [5.74, 6) is -1.36. The largest absolute Gasteiger partial charge is 0.573 e. The summed E-state index contributed by atoms with van der Waals surface area (Å²) in [7, 11) is 1.17. The molecule has 0 bridgehead atoms. The Morgan fingerprint density at radius 1 is 1.39 bits per heavy atom. The predicted octanol–water partition coefficient (Wildman–Crippen LogP) is 3.21. The molecule has 0 atom stereocenters. The van der Waals surface area contributed by atoms with Crippen molar-refractivity contribution < 1.29 is 27.4 Å². The van der Waals surface area contributed by atoms with E-state index in [2.05, 4.69) is 10.1 Å². The van der Waals surface area contributed by atoms with Gasteiger partial charge in [0, 0.05) is 6.92 Å². The van der Waals surface area contributed by atoms with Crippen LogP contribution >= 0.6 is 11.6 Å². The lowest BCUT2D eigenvalue weighted by Crippen LogP contribution is -2.18. The fraction of sp³-hybridized carbons (Fsp3) is 0.300. The van der Waals surface area contributed by atoms with Gasteiger partial charge in [-0.3, -0.25) is 4.79 Å². The van der Waals surface area contributed by atoms with Crippen LogP contribution in [0.15, 0.2) is 12.1 Å². The molecule has 1 amide bonds. The second-order valence-corrected chi connectivity index (χ2v) is 3.57. The van der Waals surface area contributed by atoms with E-state index < -0.39 is 18.0 Å². The molecule has 0 heterocycles. The van der Waals surface area contributed by atoms with E-state index in [4.69, 9.17) is 16.3 Å². The fourth-order valence-electron chi connectivity index (χ4n) is 1.20. The van der Waals surface area contributed by atoms with Gasteiger partial charge in [-0.15, -0.1) is 13.2 Å². The van der Waals surface area contributed by atoms with Crippen LogP contribution in [0.25, 0.3) is 0 Å². The Labute approximate surface area is 106 Å². The van der Waals surface area contributed by atoms with Crippen LogP contribution in [0.2, 0.25) is 5.02 Å². The normalized spacial score (nSPS) is 11.0. The summed E-state index contributed by atoms with van der Waals surface area (Å²) in [5.41, 5.74) is 0.00390. The maximum atomic E-state index is 12.2. The summed E-state index contributed by atoms with van der Waals surface area (Å²) in [6.07, 6.45) is -4.91. The molecule has 8 heteroatoms. The maximum Gasteiger partial charge on any atom is 0.573 e. The van der Waals surface area contributed by atoms with E-state index in [9.17, 15) is 18.0 Å². The minimum atomic E-state index is -4.91. The average molecular weight is 284 g/mol. The van der Waals surface area contributed by atoms with Gasteiger partial charge < -0.3 is 14.8 Å². The molecule has 0 fully saturated rings. The molecule has 0 aliphatic carbocycles. The second-order valence-electron chi connectivity index (χ2n) is 3.19. The third-order valence-corrected chi connectivity index (χ3v) is 2.18. The number of halogens is 4. The first-order valence-electron chi connectivity index (χ1n) is 4.64. The number of amides is 1. The summed E-state index contributed by atoms with van der Waals surface area (Å²) >= 11 is 5.72. The van der Waals surface area contributed by atoms with E-state index >= 15 is 0 Å². The van der Waals surface area contributed by atoms with E-state index in [0.29, 0.717) is 0 Å². The molecule has 0 aliphatic heterocycles. The van der Waals surface area contributed by atoms with E-state index in [-0.39, 0.29) is 16.5 Å². The summed E-state index contributed by atoms with van der Waals surface area (Å²) in [4.78, 5) is 10.9. The van der Waals surface area contributed by atoms with Gasteiger partial charge in [-0.25, -0.2) is 0 Å². The van der Waals surface area contributed by atoms with Gasteiger partial charge in [-0.2, -0.15) is 0 Å². The van der Waals surface area contributed by atoms with Crippen LogP contribution in [0.5, 0.6) is 11.5 Å². The number of benzene rings is 1. The number of ether oxygens (including phenoxy) is 2. The summed E-state index contributed by atoms with van der Waals surface area (Å²) in [6.45, 7) is 1.20. The molecule has 0 aromatic heterocycles. The Bertz CT molecular complexity index is 462. The van der Waals surface area contributed by atoms with Crippen LogP contribution in [-0.2, 0) is 4.79 Å². The lowest BCUT2D eigenvalue weighted by molar-refractivity contribution is -0.275. The van der Waals surface area contributed by atoms with E-state index in [1.807, 2.05) is 0 Å². The van der Waals surface area contributed by atoms with Crippen LogP contribution < -0.4 is 14.8 Å². The van der Waals surface area contributed by atoms with Crippen LogP contribution in [0.4, 0.5) is 18.9 Å².